The van der Waals surface area contributed by atoms with Gasteiger partial charge in [-0.25, -0.2) is 9.37 Å². The second kappa shape index (κ2) is 5.41. The van der Waals surface area contributed by atoms with Crippen LogP contribution in [-0.2, 0) is 5.41 Å². The van der Waals surface area contributed by atoms with E-state index in [1.165, 1.54) is 23.9 Å². The van der Waals surface area contributed by atoms with E-state index < -0.39 is 11.7 Å². The molecule has 1 aromatic carbocycles. The van der Waals surface area contributed by atoms with Gasteiger partial charge in [-0.05, 0) is 35.2 Å². The summed E-state index contributed by atoms with van der Waals surface area (Å²) in [6.07, 6.45) is 1.39. The van der Waals surface area contributed by atoms with Crippen LogP contribution in [0.3, 0.4) is 0 Å². The van der Waals surface area contributed by atoms with Gasteiger partial charge >= 0.3 is 0 Å². The van der Waals surface area contributed by atoms with Gasteiger partial charge in [0.25, 0.3) is 5.91 Å². The van der Waals surface area contributed by atoms with Gasteiger partial charge in [-0.1, -0.05) is 32.9 Å². The minimum atomic E-state index is -0.628. The summed E-state index contributed by atoms with van der Waals surface area (Å²) in [5, 5.41) is 2.64. The van der Waals surface area contributed by atoms with Crippen molar-refractivity contribution < 1.29 is 9.18 Å². The van der Waals surface area contributed by atoms with Gasteiger partial charge in [-0.2, -0.15) is 0 Å². The third-order valence-corrected chi connectivity index (χ3v) is 2.98. The van der Waals surface area contributed by atoms with Gasteiger partial charge in [0.1, 0.15) is 0 Å². The lowest BCUT2D eigenvalue weighted by Gasteiger charge is -2.19. The lowest BCUT2D eigenvalue weighted by Crippen LogP contribution is -2.16. The van der Waals surface area contributed by atoms with E-state index in [4.69, 9.17) is 0 Å². The molecule has 0 bridgehead atoms. The molecule has 3 nitrogen and oxygen atoms in total. The minimum absolute atomic E-state index is 0.0512. The highest BCUT2D eigenvalue weighted by molar-refractivity contribution is 6.02. The van der Waals surface area contributed by atoms with Crippen LogP contribution in [-0.4, -0.2) is 10.9 Å². The Balaban J connectivity index is 2.15. The van der Waals surface area contributed by atoms with Crippen LogP contribution < -0.4 is 5.32 Å². The van der Waals surface area contributed by atoms with Crippen molar-refractivity contribution in [2.75, 3.05) is 5.32 Å². The zero-order chi connectivity index (χ0) is 14.8. The number of rotatable bonds is 2. The Bertz CT molecular complexity index is 615. The Morgan fingerprint density at radius 1 is 1.15 bits per heavy atom. The van der Waals surface area contributed by atoms with Crippen LogP contribution in [0.1, 0.15) is 36.8 Å². The molecule has 0 unspecified atom stereocenters. The van der Waals surface area contributed by atoms with Crippen molar-refractivity contribution in [1.29, 1.82) is 0 Å². The third kappa shape index (κ3) is 3.20. The SMILES string of the molecule is CC(C)(C)c1ccc(NC(=O)c2ncccc2F)cc1. The Morgan fingerprint density at radius 2 is 1.80 bits per heavy atom. The molecule has 2 aromatic rings. The van der Waals surface area contributed by atoms with Crippen LogP contribution in [0.15, 0.2) is 42.6 Å². The van der Waals surface area contributed by atoms with E-state index in [0.717, 1.165) is 0 Å². The fraction of sp³-hybridized carbons (Fsp3) is 0.250. The van der Waals surface area contributed by atoms with Crippen molar-refractivity contribution in [3.05, 3.63) is 59.7 Å². The molecule has 0 aliphatic heterocycles. The van der Waals surface area contributed by atoms with Crippen molar-refractivity contribution in [3.8, 4) is 0 Å². The molecule has 1 N–H and O–H groups in total. The number of aromatic nitrogens is 1. The van der Waals surface area contributed by atoms with E-state index in [1.54, 1.807) is 12.1 Å². The third-order valence-electron chi connectivity index (χ3n) is 2.98. The molecule has 104 valence electrons. The van der Waals surface area contributed by atoms with Crippen molar-refractivity contribution in [3.63, 3.8) is 0 Å². The minimum Gasteiger partial charge on any atom is -0.321 e. The lowest BCUT2D eigenvalue weighted by molar-refractivity contribution is 0.101. The molecule has 1 heterocycles. The number of halogens is 1. The molecule has 0 fully saturated rings. The van der Waals surface area contributed by atoms with E-state index in [9.17, 15) is 9.18 Å². The molecule has 0 saturated carbocycles. The van der Waals surface area contributed by atoms with E-state index in [-0.39, 0.29) is 11.1 Å². The molecule has 1 aromatic heterocycles. The summed E-state index contributed by atoms with van der Waals surface area (Å²) >= 11 is 0. The standard InChI is InChI=1S/C16H17FN2O/c1-16(2,3)11-6-8-12(9-7-11)19-15(20)14-13(17)5-4-10-18-14/h4-10H,1-3H3,(H,19,20). The Morgan fingerprint density at radius 3 is 2.35 bits per heavy atom. The average Bonchev–Trinajstić information content (AvgIpc) is 2.38. The number of nitrogens with one attached hydrogen (secondary N) is 1. The summed E-state index contributed by atoms with van der Waals surface area (Å²) in [6.45, 7) is 6.34. The van der Waals surface area contributed by atoms with Crippen molar-refractivity contribution in [2.45, 2.75) is 26.2 Å². The molecule has 0 spiro atoms. The number of hydrogen-bond donors (Lipinski definition) is 1. The number of carbonyl (C=O) groups excluding carboxylic acids is 1. The van der Waals surface area contributed by atoms with Crippen LogP contribution in [0.2, 0.25) is 0 Å². The van der Waals surface area contributed by atoms with Crippen LogP contribution >= 0.6 is 0 Å². The molecular formula is C16H17FN2O. The smallest absolute Gasteiger partial charge is 0.277 e. The fourth-order valence-corrected chi connectivity index (χ4v) is 1.80. The Hall–Kier alpha value is -2.23. The van der Waals surface area contributed by atoms with Crippen molar-refractivity contribution >= 4 is 11.6 Å². The first-order valence-corrected chi connectivity index (χ1v) is 6.40. The fourth-order valence-electron chi connectivity index (χ4n) is 1.80. The number of hydrogen-bond acceptors (Lipinski definition) is 2. The number of amides is 1. The number of anilines is 1. The van der Waals surface area contributed by atoms with Crippen LogP contribution in [0.4, 0.5) is 10.1 Å². The zero-order valence-corrected chi connectivity index (χ0v) is 11.8. The van der Waals surface area contributed by atoms with E-state index in [1.807, 2.05) is 12.1 Å². The molecule has 20 heavy (non-hydrogen) atoms. The number of pyridine rings is 1. The van der Waals surface area contributed by atoms with Gasteiger partial charge in [0.2, 0.25) is 0 Å². The topological polar surface area (TPSA) is 42.0 Å². The Kier molecular flexibility index (Phi) is 3.84. The molecule has 1 amide bonds. The summed E-state index contributed by atoms with van der Waals surface area (Å²) in [7, 11) is 0. The maximum Gasteiger partial charge on any atom is 0.277 e. The maximum absolute atomic E-state index is 13.4. The first kappa shape index (κ1) is 14.2. The molecule has 0 saturated heterocycles. The summed E-state index contributed by atoms with van der Waals surface area (Å²) in [4.78, 5) is 15.6. The lowest BCUT2D eigenvalue weighted by atomic mass is 9.87. The Labute approximate surface area is 117 Å². The number of nitrogens with zero attached hydrogens (tertiary/aromatic N) is 1. The van der Waals surface area contributed by atoms with Crippen LogP contribution in [0.5, 0.6) is 0 Å². The molecule has 2 rings (SSSR count). The maximum atomic E-state index is 13.4. The van der Waals surface area contributed by atoms with Gasteiger partial charge < -0.3 is 5.32 Å². The molecule has 0 aliphatic rings. The monoisotopic (exact) mass is 272 g/mol. The zero-order valence-electron chi connectivity index (χ0n) is 11.8. The number of benzene rings is 1. The summed E-state index contributed by atoms with van der Waals surface area (Å²) in [6, 6.07) is 10.2. The van der Waals surface area contributed by atoms with Gasteiger partial charge in [0.15, 0.2) is 11.5 Å². The van der Waals surface area contributed by atoms with Gasteiger partial charge in [0, 0.05) is 11.9 Å². The van der Waals surface area contributed by atoms with E-state index in [2.05, 4.69) is 31.1 Å². The van der Waals surface area contributed by atoms with Crippen molar-refractivity contribution in [2.24, 2.45) is 0 Å². The molecule has 4 heteroatoms. The highest BCUT2D eigenvalue weighted by Gasteiger charge is 2.15. The number of carbonyl (C=O) groups is 1. The van der Waals surface area contributed by atoms with Crippen LogP contribution in [0.25, 0.3) is 0 Å². The summed E-state index contributed by atoms with van der Waals surface area (Å²) in [5.41, 5.74) is 1.63. The van der Waals surface area contributed by atoms with E-state index in [0.29, 0.717) is 5.69 Å². The second-order valence-electron chi connectivity index (χ2n) is 5.62. The average molecular weight is 272 g/mol. The highest BCUT2D eigenvalue weighted by Crippen LogP contribution is 2.23. The first-order chi connectivity index (χ1) is 9.38. The summed E-state index contributed by atoms with van der Waals surface area (Å²) < 4.78 is 13.4. The molecule has 0 aliphatic carbocycles. The highest BCUT2D eigenvalue weighted by atomic mass is 19.1. The predicted octanol–water partition coefficient (Wildman–Crippen LogP) is 3.77. The van der Waals surface area contributed by atoms with Gasteiger partial charge in [0.05, 0.1) is 0 Å². The van der Waals surface area contributed by atoms with E-state index >= 15 is 0 Å². The quantitative estimate of drug-likeness (QED) is 0.904. The van der Waals surface area contributed by atoms with Crippen LogP contribution in [0, 0.1) is 5.82 Å². The molecular weight excluding hydrogens is 255 g/mol. The first-order valence-electron chi connectivity index (χ1n) is 6.40. The van der Waals surface area contributed by atoms with Crippen molar-refractivity contribution in [1.82, 2.24) is 4.98 Å². The van der Waals surface area contributed by atoms with Gasteiger partial charge in [-0.3, -0.25) is 4.79 Å². The largest absolute Gasteiger partial charge is 0.321 e. The molecule has 0 atom stereocenters. The molecule has 0 radical (unpaired) electrons. The second-order valence-corrected chi connectivity index (χ2v) is 5.62. The van der Waals surface area contributed by atoms with Gasteiger partial charge in [-0.15, -0.1) is 0 Å². The summed E-state index contributed by atoms with van der Waals surface area (Å²) in [5.74, 6) is -1.18. The predicted molar refractivity (Wildman–Crippen MR) is 77.3 cm³/mol. The normalized spacial score (nSPS) is 11.2.